The Balaban J connectivity index is 2.35. The van der Waals surface area contributed by atoms with Crippen LogP contribution in [0.5, 0.6) is 0 Å². The van der Waals surface area contributed by atoms with Gasteiger partial charge in [-0.25, -0.2) is 0 Å². The number of rotatable bonds is 5. The van der Waals surface area contributed by atoms with E-state index in [2.05, 4.69) is 18.7 Å². The lowest BCUT2D eigenvalue weighted by Crippen LogP contribution is -2.44. The number of hydrogen-bond acceptors (Lipinski definition) is 3. The van der Waals surface area contributed by atoms with Crippen LogP contribution in [0, 0.1) is 5.92 Å². The van der Waals surface area contributed by atoms with Gasteiger partial charge < -0.3 is 14.7 Å². The van der Waals surface area contributed by atoms with E-state index < -0.39 is 5.60 Å². The van der Waals surface area contributed by atoms with E-state index >= 15 is 0 Å². The highest BCUT2D eigenvalue weighted by molar-refractivity contribution is 4.82. The molecule has 0 bridgehead atoms. The number of nitrogens with zero attached hydrogens (tertiary/aromatic N) is 1. The van der Waals surface area contributed by atoms with Gasteiger partial charge >= 0.3 is 0 Å². The molecule has 0 aromatic rings. The molecule has 1 aliphatic rings. The second-order valence-electron chi connectivity index (χ2n) is 6.13. The van der Waals surface area contributed by atoms with E-state index in [9.17, 15) is 5.11 Å². The van der Waals surface area contributed by atoms with E-state index in [1.54, 1.807) is 7.11 Å². The number of piperidine rings is 1. The Hall–Kier alpha value is -0.120. The first-order chi connectivity index (χ1) is 7.86. The summed E-state index contributed by atoms with van der Waals surface area (Å²) in [6.07, 6.45) is 2.97. The highest BCUT2D eigenvalue weighted by Gasteiger charge is 2.29. The standard InChI is InChI=1S/C14H29NO2/c1-11-6-8-15(12(2)10-11)9-7-13(16)14(3,4)17-5/h11-13,16H,6-10H2,1-5H3. The SMILES string of the molecule is COC(C)(C)C(O)CCN1CCC(C)CC1C. The second kappa shape index (κ2) is 6.17. The van der Waals surface area contributed by atoms with Crippen LogP contribution in [0.1, 0.15) is 47.0 Å². The van der Waals surface area contributed by atoms with Gasteiger partial charge in [-0.3, -0.25) is 0 Å². The summed E-state index contributed by atoms with van der Waals surface area (Å²) in [6.45, 7) is 10.7. The van der Waals surface area contributed by atoms with Crippen LogP contribution in [0.4, 0.5) is 0 Å². The number of hydrogen-bond donors (Lipinski definition) is 1. The molecule has 0 aromatic heterocycles. The van der Waals surface area contributed by atoms with E-state index in [1.807, 2.05) is 13.8 Å². The maximum Gasteiger partial charge on any atom is 0.0880 e. The van der Waals surface area contributed by atoms with Crippen LogP contribution in [0.15, 0.2) is 0 Å². The summed E-state index contributed by atoms with van der Waals surface area (Å²) in [5.41, 5.74) is -0.438. The Labute approximate surface area is 106 Å². The third-order valence-corrected chi connectivity index (χ3v) is 4.29. The zero-order valence-electron chi connectivity index (χ0n) is 12.1. The summed E-state index contributed by atoms with van der Waals surface area (Å²) in [4.78, 5) is 2.50. The van der Waals surface area contributed by atoms with Gasteiger partial charge in [0.1, 0.15) is 0 Å². The predicted molar refractivity (Wildman–Crippen MR) is 71.1 cm³/mol. The molecule has 3 atom stereocenters. The monoisotopic (exact) mass is 243 g/mol. The van der Waals surface area contributed by atoms with Crippen LogP contribution in [-0.4, -0.2) is 48.0 Å². The number of aliphatic hydroxyl groups excluding tert-OH is 1. The second-order valence-corrected chi connectivity index (χ2v) is 6.13. The summed E-state index contributed by atoms with van der Waals surface area (Å²) in [7, 11) is 1.66. The zero-order chi connectivity index (χ0) is 13.1. The fourth-order valence-electron chi connectivity index (χ4n) is 2.56. The van der Waals surface area contributed by atoms with Gasteiger partial charge in [0.25, 0.3) is 0 Å². The van der Waals surface area contributed by atoms with E-state index in [-0.39, 0.29) is 6.10 Å². The Kier molecular flexibility index (Phi) is 5.42. The number of likely N-dealkylation sites (tertiary alicyclic amines) is 1. The Morgan fingerprint density at radius 3 is 2.59 bits per heavy atom. The molecule has 1 heterocycles. The lowest BCUT2D eigenvalue weighted by molar-refractivity contribution is -0.0839. The Bertz CT molecular complexity index is 230. The molecule has 0 aromatic carbocycles. The molecule has 17 heavy (non-hydrogen) atoms. The van der Waals surface area contributed by atoms with Gasteiger partial charge in [0.15, 0.2) is 0 Å². The average Bonchev–Trinajstić information content (AvgIpc) is 2.27. The van der Waals surface area contributed by atoms with Crippen LogP contribution in [0.25, 0.3) is 0 Å². The molecule has 0 saturated carbocycles. The lowest BCUT2D eigenvalue weighted by atomic mass is 9.92. The molecule has 1 aliphatic heterocycles. The molecule has 1 rings (SSSR count). The first kappa shape index (κ1) is 14.9. The third-order valence-electron chi connectivity index (χ3n) is 4.29. The summed E-state index contributed by atoms with van der Waals surface area (Å²) in [5.74, 6) is 0.849. The highest BCUT2D eigenvalue weighted by atomic mass is 16.5. The topological polar surface area (TPSA) is 32.7 Å². The van der Waals surface area contributed by atoms with Crippen LogP contribution in [0.2, 0.25) is 0 Å². The van der Waals surface area contributed by atoms with Crippen LogP contribution < -0.4 is 0 Å². The molecule has 0 amide bonds. The number of methoxy groups -OCH3 is 1. The van der Waals surface area contributed by atoms with Gasteiger partial charge in [-0.15, -0.1) is 0 Å². The molecule has 3 nitrogen and oxygen atoms in total. The highest BCUT2D eigenvalue weighted by Crippen LogP contribution is 2.23. The smallest absolute Gasteiger partial charge is 0.0880 e. The van der Waals surface area contributed by atoms with Crippen molar-refractivity contribution in [3.8, 4) is 0 Å². The summed E-state index contributed by atoms with van der Waals surface area (Å²) >= 11 is 0. The van der Waals surface area contributed by atoms with Crippen molar-refractivity contribution in [3.63, 3.8) is 0 Å². The number of ether oxygens (including phenoxy) is 1. The van der Waals surface area contributed by atoms with Crippen LogP contribution >= 0.6 is 0 Å². The molecule has 3 unspecified atom stereocenters. The summed E-state index contributed by atoms with van der Waals surface area (Å²) in [6, 6.07) is 0.650. The molecular formula is C14H29NO2. The van der Waals surface area contributed by atoms with Crippen molar-refractivity contribution in [2.24, 2.45) is 5.92 Å². The molecule has 102 valence electrons. The molecule has 1 saturated heterocycles. The fraction of sp³-hybridized carbons (Fsp3) is 1.00. The molecule has 1 N–H and O–H groups in total. The van der Waals surface area contributed by atoms with Crippen molar-refractivity contribution in [1.29, 1.82) is 0 Å². The molecule has 1 fully saturated rings. The van der Waals surface area contributed by atoms with Gasteiger partial charge in [-0.1, -0.05) is 6.92 Å². The van der Waals surface area contributed by atoms with Crippen molar-refractivity contribution < 1.29 is 9.84 Å². The van der Waals surface area contributed by atoms with Crippen LogP contribution in [0.3, 0.4) is 0 Å². The maximum atomic E-state index is 10.1. The average molecular weight is 243 g/mol. The maximum absolute atomic E-state index is 10.1. The van der Waals surface area contributed by atoms with E-state index in [0.29, 0.717) is 6.04 Å². The fourth-order valence-corrected chi connectivity index (χ4v) is 2.56. The minimum absolute atomic E-state index is 0.390. The normalized spacial score (nSPS) is 29.3. The van der Waals surface area contributed by atoms with Gasteiger partial charge in [0.05, 0.1) is 11.7 Å². The van der Waals surface area contributed by atoms with Gasteiger partial charge in [0, 0.05) is 19.7 Å². The van der Waals surface area contributed by atoms with Crippen LogP contribution in [-0.2, 0) is 4.74 Å². The largest absolute Gasteiger partial charge is 0.390 e. The summed E-state index contributed by atoms with van der Waals surface area (Å²) in [5, 5.41) is 10.1. The molecule has 0 aliphatic carbocycles. The molecular weight excluding hydrogens is 214 g/mol. The predicted octanol–water partition coefficient (Wildman–Crippen LogP) is 2.28. The zero-order valence-corrected chi connectivity index (χ0v) is 12.1. The molecule has 3 heteroatoms. The van der Waals surface area contributed by atoms with Crippen molar-refractivity contribution >= 4 is 0 Å². The minimum atomic E-state index is -0.438. The minimum Gasteiger partial charge on any atom is -0.390 e. The Morgan fingerprint density at radius 2 is 2.06 bits per heavy atom. The lowest BCUT2D eigenvalue weighted by Gasteiger charge is -2.38. The summed E-state index contributed by atoms with van der Waals surface area (Å²) < 4.78 is 5.31. The number of aliphatic hydroxyl groups is 1. The van der Waals surface area contributed by atoms with Gasteiger partial charge in [-0.05, 0) is 52.5 Å². The van der Waals surface area contributed by atoms with E-state index in [1.165, 1.54) is 19.4 Å². The van der Waals surface area contributed by atoms with E-state index in [0.717, 1.165) is 18.9 Å². The first-order valence-electron chi connectivity index (χ1n) is 6.84. The van der Waals surface area contributed by atoms with Gasteiger partial charge in [-0.2, -0.15) is 0 Å². The van der Waals surface area contributed by atoms with Crippen molar-refractivity contribution in [2.45, 2.75) is 64.7 Å². The molecule has 0 spiro atoms. The molecule has 0 radical (unpaired) electrons. The van der Waals surface area contributed by atoms with Crippen molar-refractivity contribution in [3.05, 3.63) is 0 Å². The third kappa shape index (κ3) is 4.23. The van der Waals surface area contributed by atoms with Crippen molar-refractivity contribution in [2.75, 3.05) is 20.2 Å². The van der Waals surface area contributed by atoms with Gasteiger partial charge in [0.2, 0.25) is 0 Å². The van der Waals surface area contributed by atoms with Crippen molar-refractivity contribution in [1.82, 2.24) is 4.90 Å². The first-order valence-corrected chi connectivity index (χ1v) is 6.84. The Morgan fingerprint density at radius 1 is 1.41 bits per heavy atom. The van der Waals surface area contributed by atoms with E-state index in [4.69, 9.17) is 4.74 Å². The quantitative estimate of drug-likeness (QED) is 0.804.